The molecule has 0 atom stereocenters. The topological polar surface area (TPSA) is 67.6 Å². The number of nitrogens with zero attached hydrogens (tertiary/aromatic N) is 1. The Bertz CT molecular complexity index is 561. The predicted molar refractivity (Wildman–Crippen MR) is 95.9 cm³/mol. The highest BCUT2D eigenvalue weighted by molar-refractivity contribution is 5.83. The monoisotopic (exact) mass is 331 g/mol. The Morgan fingerprint density at radius 1 is 1.33 bits per heavy atom. The van der Waals surface area contributed by atoms with Crippen LogP contribution in [-0.2, 0) is 9.53 Å². The molecule has 1 aromatic carbocycles. The highest BCUT2D eigenvalue weighted by Gasteiger charge is 2.42. The molecule has 132 valence electrons. The number of carbonyl (C=O) groups excluding carboxylic acids is 1. The van der Waals surface area contributed by atoms with E-state index >= 15 is 0 Å². The van der Waals surface area contributed by atoms with E-state index in [1.54, 1.807) is 0 Å². The van der Waals surface area contributed by atoms with Crippen molar-refractivity contribution in [2.24, 2.45) is 11.1 Å². The third-order valence-electron chi connectivity index (χ3n) is 5.47. The Morgan fingerprint density at radius 3 is 2.67 bits per heavy atom. The lowest BCUT2D eigenvalue weighted by Gasteiger charge is -2.41. The van der Waals surface area contributed by atoms with Gasteiger partial charge >= 0.3 is 0 Å². The van der Waals surface area contributed by atoms with Gasteiger partial charge in [0, 0.05) is 44.6 Å². The number of benzene rings is 1. The number of likely N-dealkylation sites (tertiary alicyclic amines) is 1. The number of hydrogen-bond acceptors (Lipinski definition) is 4. The molecule has 2 saturated heterocycles. The Morgan fingerprint density at radius 2 is 2.04 bits per heavy atom. The zero-order valence-electron chi connectivity index (χ0n) is 14.6. The molecule has 3 rings (SSSR count). The molecular weight excluding hydrogens is 302 g/mol. The number of rotatable bonds is 4. The van der Waals surface area contributed by atoms with Crippen LogP contribution in [0.15, 0.2) is 24.3 Å². The van der Waals surface area contributed by atoms with Crippen LogP contribution < -0.4 is 11.1 Å². The van der Waals surface area contributed by atoms with Crippen LogP contribution in [0.4, 0.5) is 5.69 Å². The van der Waals surface area contributed by atoms with Crippen molar-refractivity contribution in [1.82, 2.24) is 4.90 Å². The van der Waals surface area contributed by atoms with E-state index in [2.05, 4.69) is 36.5 Å². The average Bonchev–Trinajstić information content (AvgIpc) is 2.62. The zero-order chi connectivity index (χ0) is 17.0. The maximum absolute atomic E-state index is 13.0. The number of hydrogen-bond donors (Lipinski definition) is 2. The number of piperidine rings is 1. The lowest BCUT2D eigenvalue weighted by molar-refractivity contribution is -0.148. The number of amides is 1. The molecule has 0 spiro atoms. The van der Waals surface area contributed by atoms with Crippen LogP contribution >= 0.6 is 0 Å². The average molecular weight is 331 g/mol. The van der Waals surface area contributed by atoms with E-state index in [0.29, 0.717) is 25.8 Å². The van der Waals surface area contributed by atoms with Crippen molar-refractivity contribution < 1.29 is 9.53 Å². The summed E-state index contributed by atoms with van der Waals surface area (Å²) in [5, 5.41) is 3.60. The summed E-state index contributed by atoms with van der Waals surface area (Å²) in [5.41, 5.74) is 8.01. The second-order valence-electron chi connectivity index (χ2n) is 7.18. The van der Waals surface area contributed by atoms with Crippen LogP contribution in [-0.4, -0.2) is 49.7 Å². The van der Waals surface area contributed by atoms with Crippen LogP contribution in [0.3, 0.4) is 0 Å². The normalized spacial score (nSPS) is 21.5. The Balaban J connectivity index is 1.55. The maximum Gasteiger partial charge on any atom is 0.230 e. The number of aryl methyl sites for hydroxylation is 1. The Hall–Kier alpha value is -1.59. The van der Waals surface area contributed by atoms with Gasteiger partial charge < -0.3 is 20.7 Å². The predicted octanol–water partition coefficient (Wildman–Crippen LogP) is 2.15. The van der Waals surface area contributed by atoms with Crippen molar-refractivity contribution in [2.75, 3.05) is 38.2 Å². The smallest absolute Gasteiger partial charge is 0.230 e. The summed E-state index contributed by atoms with van der Waals surface area (Å²) in [6.45, 7) is 5.45. The minimum atomic E-state index is -0.394. The molecule has 0 radical (unpaired) electrons. The van der Waals surface area contributed by atoms with Crippen molar-refractivity contribution in [3.8, 4) is 0 Å². The maximum atomic E-state index is 13.0. The van der Waals surface area contributed by atoms with Gasteiger partial charge in [0.1, 0.15) is 0 Å². The number of nitrogens with two attached hydrogens (primary N) is 1. The number of carbonyl (C=O) groups is 1. The van der Waals surface area contributed by atoms with Crippen molar-refractivity contribution >= 4 is 11.6 Å². The van der Waals surface area contributed by atoms with Gasteiger partial charge in [0.05, 0.1) is 5.41 Å². The van der Waals surface area contributed by atoms with Gasteiger partial charge in [0.15, 0.2) is 0 Å². The fourth-order valence-corrected chi connectivity index (χ4v) is 3.80. The summed E-state index contributed by atoms with van der Waals surface area (Å²) in [5.74, 6) is 0.238. The summed E-state index contributed by atoms with van der Waals surface area (Å²) < 4.78 is 5.42. The molecule has 1 amide bonds. The standard InChI is InChI=1S/C19H29N3O2/c1-15-3-2-4-17(13-15)21-16-5-9-22(10-6-16)18(23)19(14-20)7-11-24-12-8-19/h2-4,13,16,21H,5-12,14,20H2,1H3. The molecule has 0 bridgehead atoms. The Kier molecular flexibility index (Phi) is 5.41. The van der Waals surface area contributed by atoms with Crippen molar-refractivity contribution in [3.63, 3.8) is 0 Å². The summed E-state index contributed by atoms with van der Waals surface area (Å²) >= 11 is 0. The molecule has 5 heteroatoms. The molecule has 0 unspecified atom stereocenters. The Labute approximate surface area is 144 Å². The first-order chi connectivity index (χ1) is 11.6. The lowest BCUT2D eigenvalue weighted by Crippen LogP contribution is -2.53. The SMILES string of the molecule is Cc1cccc(NC2CCN(C(=O)C3(CN)CCOCC3)CC2)c1. The van der Waals surface area contributed by atoms with E-state index < -0.39 is 5.41 Å². The largest absolute Gasteiger partial charge is 0.382 e. The van der Waals surface area contributed by atoms with E-state index in [-0.39, 0.29) is 5.91 Å². The highest BCUT2D eigenvalue weighted by atomic mass is 16.5. The van der Waals surface area contributed by atoms with Gasteiger partial charge in [-0.25, -0.2) is 0 Å². The molecule has 2 aliphatic heterocycles. The first-order valence-corrected chi connectivity index (χ1v) is 9.03. The molecule has 2 fully saturated rings. The summed E-state index contributed by atoms with van der Waals surface area (Å²) in [6.07, 6.45) is 3.47. The van der Waals surface area contributed by atoms with E-state index in [0.717, 1.165) is 38.8 Å². The van der Waals surface area contributed by atoms with Crippen molar-refractivity contribution in [2.45, 2.75) is 38.6 Å². The highest BCUT2D eigenvalue weighted by Crippen LogP contribution is 2.32. The summed E-state index contributed by atoms with van der Waals surface area (Å²) in [6, 6.07) is 8.89. The fourth-order valence-electron chi connectivity index (χ4n) is 3.80. The number of ether oxygens (including phenoxy) is 1. The van der Waals surface area contributed by atoms with Gasteiger partial charge in [0.25, 0.3) is 0 Å². The zero-order valence-corrected chi connectivity index (χ0v) is 14.6. The molecule has 0 saturated carbocycles. The second kappa shape index (κ2) is 7.53. The van der Waals surface area contributed by atoms with Gasteiger partial charge in [0.2, 0.25) is 5.91 Å². The lowest BCUT2D eigenvalue weighted by atomic mass is 9.78. The minimum absolute atomic E-state index is 0.238. The van der Waals surface area contributed by atoms with Gasteiger partial charge in [-0.05, 0) is 50.3 Å². The quantitative estimate of drug-likeness (QED) is 0.887. The number of nitrogens with one attached hydrogen (secondary N) is 1. The molecule has 3 N–H and O–H groups in total. The second-order valence-corrected chi connectivity index (χ2v) is 7.18. The van der Waals surface area contributed by atoms with Crippen molar-refractivity contribution in [3.05, 3.63) is 29.8 Å². The molecule has 0 aromatic heterocycles. The van der Waals surface area contributed by atoms with Crippen molar-refractivity contribution in [1.29, 1.82) is 0 Å². The van der Waals surface area contributed by atoms with E-state index in [9.17, 15) is 4.79 Å². The van der Waals surface area contributed by atoms with Crippen LogP contribution in [0.25, 0.3) is 0 Å². The number of anilines is 1. The molecule has 0 aliphatic carbocycles. The van der Waals surface area contributed by atoms with Crippen LogP contribution in [0.5, 0.6) is 0 Å². The van der Waals surface area contributed by atoms with Gasteiger partial charge in [-0.15, -0.1) is 0 Å². The first-order valence-electron chi connectivity index (χ1n) is 9.03. The molecule has 2 aliphatic rings. The third-order valence-corrected chi connectivity index (χ3v) is 5.47. The third kappa shape index (κ3) is 3.73. The van der Waals surface area contributed by atoms with Gasteiger partial charge in [-0.3, -0.25) is 4.79 Å². The first kappa shape index (κ1) is 17.2. The molecule has 2 heterocycles. The van der Waals surface area contributed by atoms with Crippen LogP contribution in [0, 0.1) is 12.3 Å². The molecule has 1 aromatic rings. The molecule has 5 nitrogen and oxygen atoms in total. The van der Waals surface area contributed by atoms with E-state index in [1.807, 2.05) is 4.90 Å². The van der Waals surface area contributed by atoms with Gasteiger partial charge in [-0.1, -0.05) is 12.1 Å². The minimum Gasteiger partial charge on any atom is -0.382 e. The summed E-state index contributed by atoms with van der Waals surface area (Å²) in [4.78, 5) is 15.0. The van der Waals surface area contributed by atoms with Gasteiger partial charge in [-0.2, -0.15) is 0 Å². The van der Waals surface area contributed by atoms with Crippen LogP contribution in [0.1, 0.15) is 31.2 Å². The molecular formula is C19H29N3O2. The van der Waals surface area contributed by atoms with E-state index in [4.69, 9.17) is 10.5 Å². The fraction of sp³-hybridized carbons (Fsp3) is 0.632. The van der Waals surface area contributed by atoms with E-state index in [1.165, 1.54) is 11.3 Å². The summed E-state index contributed by atoms with van der Waals surface area (Å²) in [7, 11) is 0. The van der Waals surface area contributed by atoms with Crippen LogP contribution in [0.2, 0.25) is 0 Å². The molecule has 24 heavy (non-hydrogen) atoms.